The van der Waals surface area contributed by atoms with Crippen LogP contribution in [0.5, 0.6) is 0 Å². The van der Waals surface area contributed by atoms with Gasteiger partial charge in [-0.05, 0) is 37.6 Å². The molecule has 2 atom stereocenters. The lowest BCUT2D eigenvalue weighted by Crippen LogP contribution is -2.26. The van der Waals surface area contributed by atoms with E-state index >= 15 is 0 Å². The molecule has 0 aliphatic carbocycles. The number of rotatable bonds is 3. The third kappa shape index (κ3) is 2.79. The van der Waals surface area contributed by atoms with Crippen LogP contribution in [0.2, 0.25) is 10.0 Å². The molecule has 98 valence electrons. The molecule has 1 saturated heterocycles. The highest BCUT2D eigenvalue weighted by atomic mass is 35.5. The normalized spacial score (nSPS) is 22.1. The van der Waals surface area contributed by atoms with Gasteiger partial charge in [-0.2, -0.15) is 0 Å². The molecule has 0 bridgehead atoms. The minimum Gasteiger partial charge on any atom is -0.481 e. The van der Waals surface area contributed by atoms with Crippen LogP contribution in [0.25, 0.3) is 0 Å². The number of nitrogens with zero attached hydrogens (tertiary/aromatic N) is 1. The topological polar surface area (TPSA) is 40.5 Å². The van der Waals surface area contributed by atoms with Gasteiger partial charge in [-0.3, -0.25) is 9.69 Å². The summed E-state index contributed by atoms with van der Waals surface area (Å²) in [5, 5.41) is 10.2. The Balaban J connectivity index is 2.12. The number of carboxylic acid groups (broad SMARTS) is 1. The Morgan fingerprint density at radius 3 is 2.78 bits per heavy atom. The van der Waals surface area contributed by atoms with Crippen LogP contribution in [0.3, 0.4) is 0 Å². The van der Waals surface area contributed by atoms with Gasteiger partial charge in [0.25, 0.3) is 0 Å². The fourth-order valence-electron chi connectivity index (χ4n) is 2.38. The molecule has 0 aromatic heterocycles. The molecule has 0 unspecified atom stereocenters. The van der Waals surface area contributed by atoms with Crippen molar-refractivity contribution in [2.45, 2.75) is 19.4 Å². The van der Waals surface area contributed by atoms with Gasteiger partial charge in [-0.25, -0.2) is 0 Å². The van der Waals surface area contributed by atoms with Crippen molar-refractivity contribution in [3.8, 4) is 0 Å². The smallest absolute Gasteiger partial charge is 0.307 e. The van der Waals surface area contributed by atoms with Crippen LogP contribution in [0.4, 0.5) is 0 Å². The van der Waals surface area contributed by atoms with E-state index in [0.29, 0.717) is 23.0 Å². The van der Waals surface area contributed by atoms with Crippen LogP contribution < -0.4 is 0 Å². The molecule has 1 aliphatic heterocycles. The van der Waals surface area contributed by atoms with E-state index in [4.69, 9.17) is 28.3 Å². The van der Waals surface area contributed by atoms with Gasteiger partial charge in [0.2, 0.25) is 0 Å². The van der Waals surface area contributed by atoms with Crippen molar-refractivity contribution in [1.29, 1.82) is 0 Å². The predicted molar refractivity (Wildman–Crippen MR) is 72.2 cm³/mol. The van der Waals surface area contributed by atoms with Gasteiger partial charge < -0.3 is 5.11 Å². The average Bonchev–Trinajstić information content (AvgIpc) is 2.77. The van der Waals surface area contributed by atoms with Crippen LogP contribution in [-0.4, -0.2) is 29.1 Å². The largest absolute Gasteiger partial charge is 0.481 e. The standard InChI is InChI=1S/C13H15Cl2NO2/c1-8(11-3-2-10(14)6-12(11)15)16-5-4-9(7-16)13(17)18/h2-3,6,8-9H,4-5,7H2,1H3,(H,17,18)/t8-,9+/m0/s1. The number of halogens is 2. The minimum absolute atomic E-state index is 0.110. The molecule has 1 N–H and O–H groups in total. The number of likely N-dealkylation sites (tertiary alicyclic amines) is 1. The van der Waals surface area contributed by atoms with Crippen LogP contribution in [0.15, 0.2) is 18.2 Å². The van der Waals surface area contributed by atoms with E-state index in [2.05, 4.69) is 4.90 Å². The number of hydrogen-bond acceptors (Lipinski definition) is 2. The van der Waals surface area contributed by atoms with E-state index < -0.39 is 5.97 Å². The second kappa shape index (κ2) is 5.47. The molecule has 0 radical (unpaired) electrons. The van der Waals surface area contributed by atoms with Crippen LogP contribution in [0.1, 0.15) is 24.9 Å². The highest BCUT2D eigenvalue weighted by Crippen LogP contribution is 2.32. The summed E-state index contributed by atoms with van der Waals surface area (Å²) in [6.07, 6.45) is 0.699. The summed E-state index contributed by atoms with van der Waals surface area (Å²) < 4.78 is 0. The Kier molecular flexibility index (Phi) is 4.15. The van der Waals surface area contributed by atoms with Gasteiger partial charge in [-0.1, -0.05) is 29.3 Å². The first-order chi connectivity index (χ1) is 8.49. The van der Waals surface area contributed by atoms with Crippen molar-refractivity contribution in [3.63, 3.8) is 0 Å². The summed E-state index contributed by atoms with van der Waals surface area (Å²) in [7, 11) is 0. The molecule has 0 spiro atoms. The van der Waals surface area contributed by atoms with E-state index in [0.717, 1.165) is 12.1 Å². The third-order valence-corrected chi connectivity index (χ3v) is 4.09. The van der Waals surface area contributed by atoms with E-state index in [1.165, 1.54) is 0 Å². The number of carboxylic acids is 1. The zero-order valence-corrected chi connectivity index (χ0v) is 11.6. The van der Waals surface area contributed by atoms with Crippen molar-refractivity contribution in [3.05, 3.63) is 33.8 Å². The molecule has 3 nitrogen and oxygen atoms in total. The first-order valence-corrected chi connectivity index (χ1v) is 6.66. The van der Waals surface area contributed by atoms with Crippen molar-refractivity contribution in [2.24, 2.45) is 5.92 Å². The molecule has 5 heteroatoms. The Labute approximate surface area is 116 Å². The lowest BCUT2D eigenvalue weighted by atomic mass is 10.1. The Bertz CT molecular complexity index is 464. The zero-order valence-electron chi connectivity index (χ0n) is 10.1. The summed E-state index contributed by atoms with van der Waals surface area (Å²) in [5.41, 5.74) is 0.993. The van der Waals surface area contributed by atoms with E-state index in [9.17, 15) is 4.79 Å². The summed E-state index contributed by atoms with van der Waals surface area (Å²) in [6.45, 7) is 3.41. The summed E-state index contributed by atoms with van der Waals surface area (Å²) in [4.78, 5) is 13.1. The van der Waals surface area contributed by atoms with Gasteiger partial charge in [0.1, 0.15) is 0 Å². The van der Waals surface area contributed by atoms with Crippen molar-refractivity contribution >= 4 is 29.2 Å². The maximum Gasteiger partial charge on any atom is 0.307 e. The second-order valence-electron chi connectivity index (χ2n) is 4.66. The molecule has 1 aromatic carbocycles. The number of hydrogen-bond donors (Lipinski definition) is 1. The van der Waals surface area contributed by atoms with Gasteiger partial charge in [0.15, 0.2) is 0 Å². The Hall–Kier alpha value is -0.770. The predicted octanol–water partition coefficient (Wildman–Crippen LogP) is 3.46. The van der Waals surface area contributed by atoms with Gasteiger partial charge in [0.05, 0.1) is 5.92 Å². The monoisotopic (exact) mass is 287 g/mol. The summed E-state index contributed by atoms with van der Waals surface area (Å²) >= 11 is 12.0. The second-order valence-corrected chi connectivity index (χ2v) is 5.50. The molecule has 0 amide bonds. The fraction of sp³-hybridized carbons (Fsp3) is 0.462. The molecule has 1 fully saturated rings. The van der Waals surface area contributed by atoms with Gasteiger partial charge >= 0.3 is 5.97 Å². The summed E-state index contributed by atoms with van der Waals surface area (Å²) in [6, 6.07) is 5.55. The van der Waals surface area contributed by atoms with Crippen LogP contribution >= 0.6 is 23.2 Å². The zero-order chi connectivity index (χ0) is 13.3. The van der Waals surface area contributed by atoms with Gasteiger partial charge in [-0.15, -0.1) is 0 Å². The first-order valence-electron chi connectivity index (χ1n) is 5.91. The van der Waals surface area contributed by atoms with E-state index in [1.807, 2.05) is 19.1 Å². The molecular formula is C13H15Cl2NO2. The minimum atomic E-state index is -0.716. The summed E-state index contributed by atoms with van der Waals surface area (Å²) in [5.74, 6) is -0.981. The quantitative estimate of drug-likeness (QED) is 0.926. The average molecular weight is 288 g/mol. The molecule has 1 heterocycles. The Morgan fingerprint density at radius 2 is 2.22 bits per heavy atom. The molecule has 0 saturated carbocycles. The third-order valence-electron chi connectivity index (χ3n) is 3.53. The number of carbonyl (C=O) groups is 1. The highest BCUT2D eigenvalue weighted by molar-refractivity contribution is 6.35. The van der Waals surface area contributed by atoms with Crippen molar-refractivity contribution in [2.75, 3.05) is 13.1 Å². The molecular weight excluding hydrogens is 273 g/mol. The highest BCUT2D eigenvalue weighted by Gasteiger charge is 2.31. The lowest BCUT2D eigenvalue weighted by molar-refractivity contribution is -0.141. The fourth-order valence-corrected chi connectivity index (χ4v) is 2.94. The molecule has 1 aliphatic rings. The lowest BCUT2D eigenvalue weighted by Gasteiger charge is -2.25. The van der Waals surface area contributed by atoms with E-state index in [1.54, 1.807) is 6.07 Å². The Morgan fingerprint density at radius 1 is 1.50 bits per heavy atom. The first kappa shape index (κ1) is 13.7. The van der Waals surface area contributed by atoms with Crippen LogP contribution in [-0.2, 0) is 4.79 Å². The molecule has 1 aromatic rings. The molecule has 18 heavy (non-hydrogen) atoms. The van der Waals surface area contributed by atoms with Gasteiger partial charge in [0, 0.05) is 22.6 Å². The maximum absolute atomic E-state index is 10.9. The maximum atomic E-state index is 10.9. The number of aliphatic carboxylic acids is 1. The SMILES string of the molecule is C[C@@H](c1ccc(Cl)cc1Cl)N1CC[C@@H](C(=O)O)C1. The molecule has 2 rings (SSSR count). The van der Waals surface area contributed by atoms with E-state index in [-0.39, 0.29) is 12.0 Å². The van der Waals surface area contributed by atoms with Crippen molar-refractivity contribution < 1.29 is 9.90 Å². The van der Waals surface area contributed by atoms with Crippen molar-refractivity contribution in [1.82, 2.24) is 4.90 Å². The van der Waals surface area contributed by atoms with Crippen LogP contribution in [0, 0.1) is 5.92 Å². The number of benzene rings is 1.